The van der Waals surface area contributed by atoms with Gasteiger partial charge in [0.1, 0.15) is 0 Å². The van der Waals surface area contributed by atoms with Gasteiger partial charge in [-0.1, -0.05) is 18.2 Å². The molecule has 76 valence electrons. The van der Waals surface area contributed by atoms with Crippen LogP contribution in [-0.2, 0) is 0 Å². The highest BCUT2D eigenvalue weighted by atomic mass is 16.3. The Morgan fingerprint density at radius 2 is 2.07 bits per heavy atom. The molecule has 1 saturated heterocycles. The zero-order valence-corrected chi connectivity index (χ0v) is 8.39. The highest BCUT2D eigenvalue weighted by Gasteiger charge is 2.23. The first-order chi connectivity index (χ1) is 6.92. The van der Waals surface area contributed by atoms with E-state index < -0.39 is 0 Å². The molecule has 1 fully saturated rings. The first-order valence-electron chi connectivity index (χ1n) is 5.34. The lowest BCUT2D eigenvalue weighted by Gasteiger charge is -2.26. The summed E-state index contributed by atoms with van der Waals surface area (Å²) in [5.74, 6) is 0. The minimum atomic E-state index is 0.300. The molecule has 0 aliphatic carbocycles. The summed E-state index contributed by atoms with van der Waals surface area (Å²) in [6, 6.07) is 11.0. The lowest BCUT2D eigenvalue weighted by Crippen LogP contribution is -2.29. The fraction of sp³-hybridized carbons (Fsp3) is 0.500. The second-order valence-corrected chi connectivity index (χ2v) is 3.84. The number of hydrogen-bond acceptors (Lipinski definition) is 2. The Morgan fingerprint density at radius 3 is 2.79 bits per heavy atom. The van der Waals surface area contributed by atoms with E-state index >= 15 is 0 Å². The molecule has 0 amide bonds. The lowest BCUT2D eigenvalue weighted by molar-refractivity contribution is 0.276. The summed E-state index contributed by atoms with van der Waals surface area (Å²) in [5, 5.41) is 8.96. The summed E-state index contributed by atoms with van der Waals surface area (Å²) in [5.41, 5.74) is 1.29. The van der Waals surface area contributed by atoms with Crippen LogP contribution in [0.1, 0.15) is 19.3 Å². The smallest absolute Gasteiger partial charge is 0.0450 e. The predicted molar refractivity (Wildman–Crippen MR) is 58.5 cm³/mol. The van der Waals surface area contributed by atoms with Crippen LogP contribution in [0, 0.1) is 0 Å². The fourth-order valence-corrected chi connectivity index (χ4v) is 2.24. The number of aliphatic hydroxyl groups excluding tert-OH is 1. The fourth-order valence-electron chi connectivity index (χ4n) is 2.24. The van der Waals surface area contributed by atoms with E-state index in [4.69, 9.17) is 5.11 Å². The van der Waals surface area contributed by atoms with E-state index in [-0.39, 0.29) is 0 Å². The van der Waals surface area contributed by atoms with Crippen LogP contribution in [0.25, 0.3) is 0 Å². The van der Waals surface area contributed by atoms with E-state index in [1.54, 1.807) is 0 Å². The third kappa shape index (κ3) is 1.90. The minimum absolute atomic E-state index is 0.300. The molecule has 1 N–H and O–H groups in total. The molecule has 1 aliphatic heterocycles. The van der Waals surface area contributed by atoms with E-state index in [2.05, 4.69) is 29.2 Å². The molecule has 2 nitrogen and oxygen atoms in total. The van der Waals surface area contributed by atoms with Gasteiger partial charge in [0.25, 0.3) is 0 Å². The first-order valence-corrected chi connectivity index (χ1v) is 5.34. The monoisotopic (exact) mass is 191 g/mol. The van der Waals surface area contributed by atoms with Crippen molar-refractivity contribution in [2.75, 3.05) is 18.1 Å². The van der Waals surface area contributed by atoms with Crippen molar-refractivity contribution in [1.29, 1.82) is 0 Å². The van der Waals surface area contributed by atoms with Gasteiger partial charge < -0.3 is 10.0 Å². The summed E-state index contributed by atoms with van der Waals surface area (Å²) in [4.78, 5) is 2.41. The minimum Gasteiger partial charge on any atom is -0.396 e. The number of para-hydroxylation sites is 1. The largest absolute Gasteiger partial charge is 0.396 e. The number of anilines is 1. The van der Waals surface area contributed by atoms with Gasteiger partial charge in [-0.3, -0.25) is 0 Å². The summed E-state index contributed by atoms with van der Waals surface area (Å²) >= 11 is 0. The highest BCUT2D eigenvalue weighted by Crippen LogP contribution is 2.26. The third-order valence-electron chi connectivity index (χ3n) is 2.93. The van der Waals surface area contributed by atoms with Gasteiger partial charge in [-0.15, -0.1) is 0 Å². The van der Waals surface area contributed by atoms with Crippen molar-refractivity contribution < 1.29 is 5.11 Å². The molecule has 14 heavy (non-hydrogen) atoms. The van der Waals surface area contributed by atoms with Crippen molar-refractivity contribution >= 4 is 5.69 Å². The first kappa shape index (κ1) is 9.53. The average molecular weight is 191 g/mol. The second kappa shape index (κ2) is 4.47. The predicted octanol–water partition coefficient (Wildman–Crippen LogP) is 2.04. The zero-order valence-electron chi connectivity index (χ0n) is 8.39. The molecular weight excluding hydrogens is 174 g/mol. The van der Waals surface area contributed by atoms with Gasteiger partial charge in [-0.2, -0.15) is 0 Å². The second-order valence-electron chi connectivity index (χ2n) is 3.84. The molecule has 0 saturated carbocycles. The van der Waals surface area contributed by atoms with Crippen LogP contribution in [0.5, 0.6) is 0 Å². The number of aliphatic hydroxyl groups is 1. The summed E-state index contributed by atoms with van der Waals surface area (Å²) < 4.78 is 0. The Labute approximate surface area is 85.2 Å². The molecule has 2 heteroatoms. The maximum atomic E-state index is 8.96. The van der Waals surface area contributed by atoms with Crippen LogP contribution in [0.2, 0.25) is 0 Å². The molecular formula is C12H17NO. The van der Waals surface area contributed by atoms with E-state index in [9.17, 15) is 0 Å². The molecule has 0 bridgehead atoms. The Kier molecular flexibility index (Phi) is 3.04. The SMILES string of the molecule is OCCC1CCCN1c1ccccc1. The average Bonchev–Trinajstić information content (AvgIpc) is 2.68. The van der Waals surface area contributed by atoms with Crippen LogP contribution >= 0.6 is 0 Å². The third-order valence-corrected chi connectivity index (χ3v) is 2.93. The zero-order chi connectivity index (χ0) is 9.80. The Balaban J connectivity index is 2.10. The van der Waals surface area contributed by atoms with Crippen molar-refractivity contribution in [2.45, 2.75) is 25.3 Å². The van der Waals surface area contributed by atoms with Gasteiger partial charge in [0.05, 0.1) is 0 Å². The van der Waals surface area contributed by atoms with Crippen molar-refractivity contribution in [3.63, 3.8) is 0 Å². The van der Waals surface area contributed by atoms with Gasteiger partial charge in [0.2, 0.25) is 0 Å². The maximum Gasteiger partial charge on any atom is 0.0450 e. The van der Waals surface area contributed by atoms with Crippen molar-refractivity contribution in [3.8, 4) is 0 Å². The highest BCUT2D eigenvalue weighted by molar-refractivity contribution is 5.47. The molecule has 1 unspecified atom stereocenters. The molecule has 2 rings (SSSR count). The quantitative estimate of drug-likeness (QED) is 0.790. The van der Waals surface area contributed by atoms with E-state index in [1.807, 2.05) is 6.07 Å². The molecule has 1 aromatic carbocycles. The Morgan fingerprint density at radius 1 is 1.29 bits per heavy atom. The summed E-state index contributed by atoms with van der Waals surface area (Å²) in [6.45, 7) is 1.43. The van der Waals surface area contributed by atoms with Crippen LogP contribution < -0.4 is 4.90 Å². The van der Waals surface area contributed by atoms with Crippen molar-refractivity contribution in [2.24, 2.45) is 0 Å². The number of rotatable bonds is 3. The van der Waals surface area contributed by atoms with Crippen LogP contribution in [-0.4, -0.2) is 24.3 Å². The number of benzene rings is 1. The van der Waals surface area contributed by atoms with Gasteiger partial charge in [-0.25, -0.2) is 0 Å². The molecule has 0 spiro atoms. The van der Waals surface area contributed by atoms with Gasteiger partial charge in [-0.05, 0) is 31.4 Å². The van der Waals surface area contributed by atoms with Crippen molar-refractivity contribution in [1.82, 2.24) is 0 Å². The van der Waals surface area contributed by atoms with E-state index in [1.165, 1.54) is 18.5 Å². The van der Waals surface area contributed by atoms with E-state index in [0.717, 1.165) is 13.0 Å². The number of nitrogens with zero attached hydrogens (tertiary/aromatic N) is 1. The van der Waals surface area contributed by atoms with Gasteiger partial charge in [0.15, 0.2) is 0 Å². The van der Waals surface area contributed by atoms with Gasteiger partial charge in [0, 0.05) is 24.9 Å². The Hall–Kier alpha value is -1.02. The summed E-state index contributed by atoms with van der Waals surface area (Å²) in [7, 11) is 0. The summed E-state index contributed by atoms with van der Waals surface area (Å²) in [6.07, 6.45) is 3.36. The van der Waals surface area contributed by atoms with E-state index in [0.29, 0.717) is 12.6 Å². The van der Waals surface area contributed by atoms with Crippen molar-refractivity contribution in [3.05, 3.63) is 30.3 Å². The molecule has 1 aromatic rings. The maximum absolute atomic E-state index is 8.96. The molecule has 1 heterocycles. The molecule has 0 radical (unpaired) electrons. The van der Waals surface area contributed by atoms with Crippen LogP contribution in [0.3, 0.4) is 0 Å². The molecule has 0 aromatic heterocycles. The van der Waals surface area contributed by atoms with Crippen LogP contribution in [0.4, 0.5) is 5.69 Å². The van der Waals surface area contributed by atoms with Gasteiger partial charge >= 0.3 is 0 Å². The van der Waals surface area contributed by atoms with Crippen LogP contribution in [0.15, 0.2) is 30.3 Å². The lowest BCUT2D eigenvalue weighted by atomic mass is 10.1. The Bertz CT molecular complexity index is 273. The molecule has 1 atom stereocenters. The normalized spacial score (nSPS) is 21.5. The topological polar surface area (TPSA) is 23.5 Å². The standard InChI is InChI=1S/C12H17NO/c14-10-8-12-7-4-9-13(12)11-5-2-1-3-6-11/h1-3,5-6,12,14H,4,7-10H2. The number of hydrogen-bond donors (Lipinski definition) is 1. The molecule has 1 aliphatic rings.